The maximum atomic E-state index is 12.8. The first-order valence-corrected chi connectivity index (χ1v) is 9.58. The number of carbonyl (C=O) groups is 3. The summed E-state index contributed by atoms with van der Waals surface area (Å²) in [6, 6.07) is 0. The molecule has 1 unspecified atom stereocenters. The molecule has 7 heteroatoms. The predicted molar refractivity (Wildman–Crippen MR) is 90.0 cm³/mol. The monoisotopic (exact) mass is 376 g/mol. The fraction of sp³-hybridized carbons (Fsp3) is 0.750. The van der Waals surface area contributed by atoms with Crippen molar-refractivity contribution in [3.63, 3.8) is 0 Å². The summed E-state index contributed by atoms with van der Waals surface area (Å²) in [6.07, 6.45) is 0.151. The summed E-state index contributed by atoms with van der Waals surface area (Å²) < 4.78 is 11.2. The summed E-state index contributed by atoms with van der Waals surface area (Å²) in [7, 11) is 0. The number of hydrogen-bond donors (Lipinski definition) is 2. The third-order valence-corrected chi connectivity index (χ3v) is 8.61. The Morgan fingerprint density at radius 2 is 1.96 bits per heavy atom. The van der Waals surface area contributed by atoms with Crippen LogP contribution in [0.3, 0.4) is 0 Å². The highest BCUT2D eigenvalue weighted by atomic mass is 16.6. The average Bonchev–Trinajstić information content (AvgIpc) is 2.76. The van der Waals surface area contributed by atoms with Crippen molar-refractivity contribution in [3.8, 4) is 0 Å². The molecule has 5 rings (SSSR count). The largest absolute Gasteiger partial charge is 0.463 e. The molecule has 7 nitrogen and oxygen atoms in total. The molecule has 0 amide bonds. The van der Waals surface area contributed by atoms with Crippen LogP contribution in [0, 0.1) is 34.5 Å². The second-order valence-corrected chi connectivity index (χ2v) is 9.37. The Kier molecular flexibility index (Phi) is 3.10. The Balaban J connectivity index is 1.81. The smallest absolute Gasteiger partial charge is 0.338 e. The van der Waals surface area contributed by atoms with Gasteiger partial charge in [0.05, 0.1) is 5.41 Å². The molecular formula is C20H24O7. The molecule has 2 heterocycles. The SMILES string of the molecule is CC1=CC(=O)[C@@H](O)[C@]2(C)[C@@H]3[C@]45COC(=O)[C@@]3(O)C(C)[C@@H]4CC(=O)O[C@@H]5C[C@@H]12. The molecule has 2 bridgehead atoms. The maximum absolute atomic E-state index is 12.8. The maximum Gasteiger partial charge on any atom is 0.338 e. The minimum atomic E-state index is -1.86. The molecule has 1 spiro atoms. The van der Waals surface area contributed by atoms with Gasteiger partial charge in [-0.1, -0.05) is 19.4 Å². The van der Waals surface area contributed by atoms with Gasteiger partial charge in [-0.3, -0.25) is 9.59 Å². The molecule has 0 radical (unpaired) electrons. The first-order valence-electron chi connectivity index (χ1n) is 9.58. The van der Waals surface area contributed by atoms with E-state index in [1.807, 2.05) is 6.92 Å². The lowest BCUT2D eigenvalue weighted by Gasteiger charge is -2.64. The van der Waals surface area contributed by atoms with Gasteiger partial charge in [-0.2, -0.15) is 0 Å². The number of cyclic esters (lactones) is 1. The van der Waals surface area contributed by atoms with Gasteiger partial charge in [0.25, 0.3) is 0 Å². The third-order valence-electron chi connectivity index (χ3n) is 8.61. The van der Waals surface area contributed by atoms with Crippen LogP contribution in [0.15, 0.2) is 11.6 Å². The number of hydrogen-bond acceptors (Lipinski definition) is 7. The Bertz CT molecular complexity index is 817. The van der Waals surface area contributed by atoms with E-state index in [9.17, 15) is 24.6 Å². The predicted octanol–water partition coefficient (Wildman–Crippen LogP) is 0.374. The van der Waals surface area contributed by atoms with Gasteiger partial charge < -0.3 is 19.7 Å². The number of aliphatic hydroxyl groups is 2. The van der Waals surface area contributed by atoms with E-state index in [2.05, 4.69) is 0 Å². The van der Waals surface area contributed by atoms with E-state index in [1.54, 1.807) is 13.8 Å². The minimum absolute atomic E-state index is 0.0394. The topological polar surface area (TPSA) is 110 Å². The first kappa shape index (κ1) is 17.4. The van der Waals surface area contributed by atoms with Crippen molar-refractivity contribution in [1.29, 1.82) is 0 Å². The van der Waals surface area contributed by atoms with E-state index in [0.717, 1.165) is 5.57 Å². The third kappa shape index (κ3) is 1.62. The van der Waals surface area contributed by atoms with E-state index >= 15 is 0 Å². The summed E-state index contributed by atoms with van der Waals surface area (Å²) in [5.41, 5.74) is -2.88. The fourth-order valence-corrected chi connectivity index (χ4v) is 7.56. The summed E-state index contributed by atoms with van der Waals surface area (Å²) in [5.74, 6) is -3.28. The molecule has 4 fully saturated rings. The number of rotatable bonds is 0. The van der Waals surface area contributed by atoms with Crippen molar-refractivity contribution in [1.82, 2.24) is 0 Å². The van der Waals surface area contributed by atoms with Gasteiger partial charge in [0.2, 0.25) is 0 Å². The van der Waals surface area contributed by atoms with Crippen molar-refractivity contribution >= 4 is 17.7 Å². The van der Waals surface area contributed by atoms with Crippen LogP contribution in [-0.2, 0) is 23.9 Å². The van der Waals surface area contributed by atoms with Gasteiger partial charge in [0, 0.05) is 23.7 Å². The Morgan fingerprint density at radius 3 is 2.67 bits per heavy atom. The lowest BCUT2D eigenvalue weighted by Crippen LogP contribution is -2.73. The number of ketones is 1. The van der Waals surface area contributed by atoms with Crippen LogP contribution in [0.2, 0.25) is 0 Å². The first-order chi connectivity index (χ1) is 12.6. The molecule has 2 aliphatic heterocycles. The van der Waals surface area contributed by atoms with Gasteiger partial charge in [-0.25, -0.2) is 4.79 Å². The van der Waals surface area contributed by atoms with Gasteiger partial charge in [-0.15, -0.1) is 0 Å². The Hall–Kier alpha value is -1.73. The number of carbonyl (C=O) groups excluding carboxylic acids is 3. The molecular weight excluding hydrogens is 352 g/mol. The number of allylic oxidation sites excluding steroid dienone is 1. The van der Waals surface area contributed by atoms with E-state index in [4.69, 9.17) is 9.47 Å². The van der Waals surface area contributed by atoms with Gasteiger partial charge in [-0.05, 0) is 31.3 Å². The highest BCUT2D eigenvalue weighted by Gasteiger charge is 2.83. The molecule has 9 atom stereocenters. The molecule has 0 aromatic heterocycles. The van der Waals surface area contributed by atoms with Crippen molar-refractivity contribution < 1.29 is 34.1 Å². The van der Waals surface area contributed by atoms with Crippen molar-refractivity contribution in [2.75, 3.05) is 6.61 Å². The molecule has 5 aliphatic rings. The second kappa shape index (κ2) is 4.81. The molecule has 2 N–H and O–H groups in total. The fourth-order valence-electron chi connectivity index (χ4n) is 7.56. The Morgan fingerprint density at radius 1 is 1.26 bits per heavy atom. The number of esters is 2. The molecule has 0 aromatic carbocycles. The second-order valence-electron chi connectivity index (χ2n) is 9.37. The van der Waals surface area contributed by atoms with Crippen LogP contribution in [-0.4, -0.2) is 52.4 Å². The van der Waals surface area contributed by atoms with Crippen LogP contribution < -0.4 is 0 Å². The lowest BCUT2D eigenvalue weighted by molar-refractivity contribution is -0.268. The summed E-state index contributed by atoms with van der Waals surface area (Å²) in [4.78, 5) is 37.7. The molecule has 0 aromatic rings. The summed E-state index contributed by atoms with van der Waals surface area (Å²) >= 11 is 0. The van der Waals surface area contributed by atoms with E-state index < -0.39 is 52.2 Å². The number of ether oxygens (including phenoxy) is 2. The number of fused-ring (bicyclic) bond motifs is 1. The van der Waals surface area contributed by atoms with E-state index in [0.29, 0.717) is 6.42 Å². The van der Waals surface area contributed by atoms with Crippen LogP contribution in [0.4, 0.5) is 0 Å². The summed E-state index contributed by atoms with van der Waals surface area (Å²) in [5, 5.41) is 22.7. The van der Waals surface area contributed by atoms with Crippen LogP contribution in [0.1, 0.15) is 33.6 Å². The minimum Gasteiger partial charge on any atom is -0.463 e. The van der Waals surface area contributed by atoms with Crippen molar-refractivity contribution in [2.24, 2.45) is 34.5 Å². The number of aliphatic hydroxyl groups excluding tert-OH is 1. The Labute approximate surface area is 156 Å². The zero-order valence-corrected chi connectivity index (χ0v) is 15.6. The average molecular weight is 376 g/mol. The molecule has 27 heavy (non-hydrogen) atoms. The van der Waals surface area contributed by atoms with Crippen LogP contribution >= 0.6 is 0 Å². The molecule has 3 aliphatic carbocycles. The highest BCUT2D eigenvalue weighted by Crippen LogP contribution is 2.74. The zero-order valence-electron chi connectivity index (χ0n) is 15.6. The zero-order chi connectivity index (χ0) is 19.5. The van der Waals surface area contributed by atoms with Gasteiger partial charge >= 0.3 is 11.9 Å². The molecule has 2 saturated carbocycles. The normalized spacial score (nSPS) is 55.9. The van der Waals surface area contributed by atoms with Crippen LogP contribution in [0.25, 0.3) is 0 Å². The van der Waals surface area contributed by atoms with Gasteiger partial charge in [0.1, 0.15) is 18.8 Å². The van der Waals surface area contributed by atoms with Crippen LogP contribution in [0.5, 0.6) is 0 Å². The van der Waals surface area contributed by atoms with E-state index in [1.165, 1.54) is 6.08 Å². The highest BCUT2D eigenvalue weighted by molar-refractivity contribution is 5.96. The van der Waals surface area contributed by atoms with Gasteiger partial charge in [0.15, 0.2) is 11.4 Å². The standard InChI is InChI=1S/C20H24O7/c1-8-4-12(21)15(23)18(3)10(8)5-13-19-7-26-17(24)20(25,16(18)19)9(2)11(19)6-14(22)27-13/h4,9-11,13,15-16,23,25H,5-7H2,1-3H3/t9?,10-,11-,13+,15+,16+,18+,19+,20+/m0/s1. The van der Waals surface area contributed by atoms with Crippen molar-refractivity contribution in [2.45, 2.75) is 51.4 Å². The lowest BCUT2D eigenvalue weighted by atomic mass is 9.43. The van der Waals surface area contributed by atoms with E-state index in [-0.39, 0.29) is 30.8 Å². The molecule has 146 valence electrons. The van der Waals surface area contributed by atoms with Crippen molar-refractivity contribution in [3.05, 3.63) is 11.6 Å². The molecule has 2 saturated heterocycles. The summed E-state index contributed by atoms with van der Waals surface area (Å²) in [6.45, 7) is 5.43. The quantitative estimate of drug-likeness (QED) is 0.588.